The van der Waals surface area contributed by atoms with E-state index in [1.807, 2.05) is 31.2 Å². The number of fused-ring (bicyclic) bond motifs is 1. The highest BCUT2D eigenvalue weighted by Gasteiger charge is 2.23. The first kappa shape index (κ1) is 17.4. The van der Waals surface area contributed by atoms with Crippen molar-refractivity contribution < 1.29 is 14.3 Å². The second-order valence-electron chi connectivity index (χ2n) is 6.04. The van der Waals surface area contributed by atoms with E-state index in [9.17, 15) is 4.79 Å². The first-order chi connectivity index (χ1) is 12.0. The molecule has 132 valence electrons. The fraction of sp³-hybridized carbons (Fsp3) is 0.316. The molecule has 25 heavy (non-hydrogen) atoms. The fourth-order valence-corrected chi connectivity index (χ4v) is 3.15. The number of anilines is 1. The van der Waals surface area contributed by atoms with Gasteiger partial charge in [-0.1, -0.05) is 17.7 Å². The number of nitrogens with zero attached hydrogens (tertiary/aromatic N) is 1. The van der Waals surface area contributed by atoms with E-state index in [1.165, 1.54) is 5.56 Å². The number of carbonyl (C=O) groups is 1. The zero-order valence-electron chi connectivity index (χ0n) is 14.6. The summed E-state index contributed by atoms with van der Waals surface area (Å²) in [6, 6.07) is 9.26. The molecule has 2 aromatic rings. The summed E-state index contributed by atoms with van der Waals surface area (Å²) in [5, 5.41) is 3.55. The van der Waals surface area contributed by atoms with Crippen LogP contribution < -0.4 is 14.8 Å². The van der Waals surface area contributed by atoms with Gasteiger partial charge in [0.25, 0.3) is 0 Å². The average molecular weight is 361 g/mol. The Balaban J connectivity index is 1.77. The lowest BCUT2D eigenvalue weighted by molar-refractivity contribution is 0.206. The van der Waals surface area contributed by atoms with Crippen LogP contribution in [0.25, 0.3) is 0 Å². The Morgan fingerprint density at radius 2 is 1.80 bits per heavy atom. The second kappa shape index (κ2) is 7.23. The van der Waals surface area contributed by atoms with Crippen LogP contribution >= 0.6 is 11.6 Å². The highest BCUT2D eigenvalue weighted by molar-refractivity contribution is 6.31. The number of aryl methyl sites for hydroxylation is 1. The van der Waals surface area contributed by atoms with Gasteiger partial charge in [0.2, 0.25) is 0 Å². The smallest absolute Gasteiger partial charge is 0.322 e. The topological polar surface area (TPSA) is 50.8 Å². The highest BCUT2D eigenvalue weighted by Crippen LogP contribution is 2.33. The molecule has 0 spiro atoms. The number of ether oxygens (including phenoxy) is 2. The Morgan fingerprint density at radius 1 is 1.12 bits per heavy atom. The summed E-state index contributed by atoms with van der Waals surface area (Å²) in [5.74, 6) is 1.39. The normalized spacial score (nSPS) is 13.2. The maximum absolute atomic E-state index is 12.6. The van der Waals surface area contributed by atoms with Crippen molar-refractivity contribution in [2.24, 2.45) is 0 Å². The molecule has 0 fully saturated rings. The standard InChI is InChI=1S/C19H21ClN2O3/c1-12-4-5-15(20)10-16(12)21-19(23)22-7-6-13-8-17(24-2)18(25-3)9-14(13)11-22/h4-5,8-10H,6-7,11H2,1-3H3,(H,21,23). The van der Waals surface area contributed by atoms with Gasteiger partial charge in [0.15, 0.2) is 11.5 Å². The molecular formula is C19H21ClN2O3. The summed E-state index contributed by atoms with van der Waals surface area (Å²) >= 11 is 6.02. The molecule has 1 aliphatic heterocycles. The minimum atomic E-state index is -0.134. The maximum Gasteiger partial charge on any atom is 0.322 e. The molecular weight excluding hydrogens is 340 g/mol. The largest absolute Gasteiger partial charge is 0.493 e. The van der Waals surface area contributed by atoms with E-state index in [2.05, 4.69) is 5.32 Å². The molecule has 3 rings (SSSR count). The summed E-state index contributed by atoms with van der Waals surface area (Å²) in [6.07, 6.45) is 0.775. The maximum atomic E-state index is 12.6. The van der Waals surface area contributed by atoms with E-state index in [4.69, 9.17) is 21.1 Å². The Bertz CT molecular complexity index is 807. The van der Waals surface area contributed by atoms with E-state index in [-0.39, 0.29) is 6.03 Å². The lowest BCUT2D eigenvalue weighted by Crippen LogP contribution is -2.39. The third-order valence-electron chi connectivity index (χ3n) is 4.45. The molecule has 2 aromatic carbocycles. The van der Waals surface area contributed by atoms with Crippen molar-refractivity contribution >= 4 is 23.3 Å². The van der Waals surface area contributed by atoms with E-state index >= 15 is 0 Å². The molecule has 0 aromatic heterocycles. The van der Waals surface area contributed by atoms with Crippen LogP contribution in [0, 0.1) is 6.92 Å². The molecule has 6 heteroatoms. The van der Waals surface area contributed by atoms with Crippen molar-refractivity contribution in [1.82, 2.24) is 4.90 Å². The molecule has 0 bridgehead atoms. The quantitative estimate of drug-likeness (QED) is 0.889. The van der Waals surface area contributed by atoms with Gasteiger partial charge in [0.05, 0.1) is 14.2 Å². The Morgan fingerprint density at radius 3 is 2.48 bits per heavy atom. The third-order valence-corrected chi connectivity index (χ3v) is 4.68. The number of urea groups is 1. The lowest BCUT2D eigenvalue weighted by atomic mass is 9.99. The van der Waals surface area contributed by atoms with E-state index < -0.39 is 0 Å². The Hall–Kier alpha value is -2.40. The first-order valence-electron chi connectivity index (χ1n) is 8.07. The SMILES string of the molecule is COc1cc2c(cc1OC)CN(C(=O)Nc1cc(Cl)ccc1C)CC2. The number of benzene rings is 2. The summed E-state index contributed by atoms with van der Waals surface area (Å²) in [5.41, 5.74) is 3.96. The minimum Gasteiger partial charge on any atom is -0.493 e. The van der Waals surface area contributed by atoms with Crippen molar-refractivity contribution in [1.29, 1.82) is 0 Å². The molecule has 1 aliphatic rings. The molecule has 0 saturated carbocycles. The number of methoxy groups -OCH3 is 2. The van der Waals surface area contributed by atoms with Gasteiger partial charge in [-0.15, -0.1) is 0 Å². The molecule has 0 unspecified atom stereocenters. The third kappa shape index (κ3) is 3.66. The predicted octanol–water partition coefficient (Wildman–Crippen LogP) is 4.26. The van der Waals surface area contributed by atoms with Gasteiger partial charge in [-0.2, -0.15) is 0 Å². The van der Waals surface area contributed by atoms with Crippen LogP contribution in [0.5, 0.6) is 11.5 Å². The van der Waals surface area contributed by atoms with E-state index in [0.29, 0.717) is 29.6 Å². The lowest BCUT2D eigenvalue weighted by Gasteiger charge is -2.30. The molecule has 0 saturated heterocycles. The molecule has 1 N–H and O–H groups in total. The van der Waals surface area contributed by atoms with E-state index in [1.54, 1.807) is 25.2 Å². The molecule has 0 radical (unpaired) electrons. The van der Waals surface area contributed by atoms with Gasteiger partial charge >= 0.3 is 6.03 Å². The molecule has 0 atom stereocenters. The summed E-state index contributed by atoms with van der Waals surface area (Å²) < 4.78 is 10.7. The van der Waals surface area contributed by atoms with Crippen molar-refractivity contribution in [3.05, 3.63) is 52.0 Å². The van der Waals surface area contributed by atoms with Crippen LogP contribution in [0.4, 0.5) is 10.5 Å². The number of halogens is 1. The van der Waals surface area contributed by atoms with Crippen molar-refractivity contribution in [2.45, 2.75) is 19.9 Å². The highest BCUT2D eigenvalue weighted by atomic mass is 35.5. The summed E-state index contributed by atoms with van der Waals surface area (Å²) in [7, 11) is 3.24. The number of amides is 2. The number of hydrogen-bond donors (Lipinski definition) is 1. The fourth-order valence-electron chi connectivity index (χ4n) is 2.98. The van der Waals surface area contributed by atoms with Crippen molar-refractivity contribution in [2.75, 3.05) is 26.1 Å². The van der Waals surface area contributed by atoms with Gasteiger partial charge in [0, 0.05) is 23.8 Å². The van der Waals surface area contributed by atoms with Gasteiger partial charge in [-0.3, -0.25) is 0 Å². The van der Waals surface area contributed by atoms with Crippen LogP contribution in [-0.2, 0) is 13.0 Å². The number of nitrogens with one attached hydrogen (secondary N) is 1. The summed E-state index contributed by atoms with van der Waals surface area (Å²) in [6.45, 7) is 3.11. The Kier molecular flexibility index (Phi) is 5.04. The van der Waals surface area contributed by atoms with E-state index in [0.717, 1.165) is 23.2 Å². The Labute approximate surface area is 152 Å². The zero-order chi connectivity index (χ0) is 18.0. The molecule has 0 aliphatic carbocycles. The summed E-state index contributed by atoms with van der Waals surface area (Å²) in [4.78, 5) is 14.4. The molecule has 5 nitrogen and oxygen atoms in total. The van der Waals surface area contributed by atoms with Crippen LogP contribution in [-0.4, -0.2) is 31.7 Å². The van der Waals surface area contributed by atoms with Gasteiger partial charge in [-0.05, 0) is 54.3 Å². The van der Waals surface area contributed by atoms with Gasteiger partial charge < -0.3 is 19.7 Å². The monoisotopic (exact) mass is 360 g/mol. The number of rotatable bonds is 3. The van der Waals surface area contributed by atoms with Crippen LogP contribution in [0.2, 0.25) is 5.02 Å². The van der Waals surface area contributed by atoms with Gasteiger partial charge in [-0.25, -0.2) is 4.79 Å². The number of hydrogen-bond acceptors (Lipinski definition) is 3. The molecule has 2 amide bonds. The number of carbonyl (C=O) groups excluding carboxylic acids is 1. The molecule has 1 heterocycles. The zero-order valence-corrected chi connectivity index (χ0v) is 15.3. The first-order valence-corrected chi connectivity index (χ1v) is 8.45. The van der Waals surface area contributed by atoms with Crippen molar-refractivity contribution in [3.63, 3.8) is 0 Å². The van der Waals surface area contributed by atoms with Crippen LogP contribution in [0.15, 0.2) is 30.3 Å². The predicted molar refractivity (Wildman–Crippen MR) is 98.9 cm³/mol. The van der Waals surface area contributed by atoms with Crippen molar-refractivity contribution in [3.8, 4) is 11.5 Å². The van der Waals surface area contributed by atoms with Crippen LogP contribution in [0.3, 0.4) is 0 Å². The van der Waals surface area contributed by atoms with Crippen LogP contribution in [0.1, 0.15) is 16.7 Å². The minimum absolute atomic E-state index is 0.134. The second-order valence-corrected chi connectivity index (χ2v) is 6.47. The average Bonchev–Trinajstić information content (AvgIpc) is 2.62. The van der Waals surface area contributed by atoms with Gasteiger partial charge in [0.1, 0.15) is 0 Å².